The molecule has 2 rings (SSSR count). The fourth-order valence-corrected chi connectivity index (χ4v) is 2.90. The van der Waals surface area contributed by atoms with Crippen LogP contribution in [0.15, 0.2) is 6.07 Å². The van der Waals surface area contributed by atoms with E-state index in [9.17, 15) is 0 Å². The minimum atomic E-state index is 0.535. The first-order chi connectivity index (χ1) is 9.75. The van der Waals surface area contributed by atoms with Gasteiger partial charge in [-0.15, -0.1) is 0 Å². The average Bonchev–Trinajstić information content (AvgIpc) is 2.48. The first-order valence-electron chi connectivity index (χ1n) is 7.86. The number of nitrogens with two attached hydrogens (primary N) is 1. The summed E-state index contributed by atoms with van der Waals surface area (Å²) in [4.78, 5) is 8.96. The Labute approximate surface area is 121 Å². The molecular formula is C15H27N5. The molecule has 5 heteroatoms. The molecule has 0 aromatic carbocycles. The Bertz CT molecular complexity index is 413. The van der Waals surface area contributed by atoms with Gasteiger partial charge in [0.1, 0.15) is 17.5 Å². The molecule has 20 heavy (non-hydrogen) atoms. The van der Waals surface area contributed by atoms with Crippen LogP contribution in [0.25, 0.3) is 0 Å². The fraction of sp³-hybridized carbons (Fsp3) is 0.733. The Morgan fingerprint density at radius 3 is 2.45 bits per heavy atom. The quantitative estimate of drug-likeness (QED) is 0.550. The van der Waals surface area contributed by atoms with Gasteiger partial charge in [-0.25, -0.2) is 15.8 Å². The summed E-state index contributed by atoms with van der Waals surface area (Å²) in [6.07, 6.45) is 8.34. The van der Waals surface area contributed by atoms with Gasteiger partial charge in [-0.2, -0.15) is 0 Å². The van der Waals surface area contributed by atoms with Gasteiger partial charge in [0.05, 0.1) is 0 Å². The first-order valence-corrected chi connectivity index (χ1v) is 7.86. The maximum absolute atomic E-state index is 5.49. The van der Waals surface area contributed by atoms with Crippen LogP contribution in [0, 0.1) is 5.92 Å². The lowest BCUT2D eigenvalue weighted by Gasteiger charge is -2.28. The van der Waals surface area contributed by atoms with E-state index in [1.54, 1.807) is 0 Å². The van der Waals surface area contributed by atoms with Crippen molar-refractivity contribution in [1.29, 1.82) is 0 Å². The summed E-state index contributed by atoms with van der Waals surface area (Å²) in [7, 11) is 0. The SMILES string of the molecule is CCCc1nc(NN)cc(NC2CCC(CC)CC2)n1. The molecule has 4 N–H and O–H groups in total. The number of hydrogen-bond donors (Lipinski definition) is 3. The Morgan fingerprint density at radius 2 is 1.85 bits per heavy atom. The number of hydrazine groups is 1. The van der Waals surface area contributed by atoms with Gasteiger partial charge in [-0.3, -0.25) is 0 Å². The maximum Gasteiger partial charge on any atom is 0.145 e. The largest absolute Gasteiger partial charge is 0.367 e. The van der Waals surface area contributed by atoms with Crippen molar-refractivity contribution < 1.29 is 0 Å². The van der Waals surface area contributed by atoms with Gasteiger partial charge in [-0.05, 0) is 38.0 Å². The molecule has 0 bridgehead atoms. The highest BCUT2D eigenvalue weighted by atomic mass is 15.3. The minimum absolute atomic E-state index is 0.535. The van der Waals surface area contributed by atoms with Crippen LogP contribution in [0.3, 0.4) is 0 Å². The number of anilines is 2. The number of hydrogen-bond acceptors (Lipinski definition) is 5. The van der Waals surface area contributed by atoms with Crippen LogP contribution in [0.2, 0.25) is 0 Å². The normalized spacial score (nSPS) is 22.6. The van der Waals surface area contributed by atoms with Crippen molar-refractivity contribution in [3.05, 3.63) is 11.9 Å². The second kappa shape index (κ2) is 7.43. The van der Waals surface area contributed by atoms with E-state index >= 15 is 0 Å². The fourth-order valence-electron chi connectivity index (χ4n) is 2.90. The molecule has 5 nitrogen and oxygen atoms in total. The molecule has 1 saturated carbocycles. The van der Waals surface area contributed by atoms with Crippen LogP contribution >= 0.6 is 0 Å². The average molecular weight is 277 g/mol. The Morgan fingerprint density at radius 1 is 1.15 bits per heavy atom. The Hall–Kier alpha value is -1.36. The number of nitrogens with zero attached hydrogens (tertiary/aromatic N) is 2. The minimum Gasteiger partial charge on any atom is -0.367 e. The summed E-state index contributed by atoms with van der Waals surface area (Å²) in [5.41, 5.74) is 2.63. The van der Waals surface area contributed by atoms with E-state index in [4.69, 9.17) is 5.84 Å². The summed E-state index contributed by atoms with van der Waals surface area (Å²) in [6, 6.07) is 2.43. The van der Waals surface area contributed by atoms with Gasteiger partial charge in [0.15, 0.2) is 0 Å². The van der Waals surface area contributed by atoms with Gasteiger partial charge in [0.2, 0.25) is 0 Å². The molecule has 0 saturated heterocycles. The third-order valence-corrected chi connectivity index (χ3v) is 4.17. The molecule has 1 aliphatic carbocycles. The van der Waals surface area contributed by atoms with Crippen molar-refractivity contribution >= 4 is 11.6 Å². The van der Waals surface area contributed by atoms with Crippen LogP contribution in [0.1, 0.15) is 58.2 Å². The zero-order valence-corrected chi connectivity index (χ0v) is 12.7. The molecule has 0 radical (unpaired) electrons. The zero-order chi connectivity index (χ0) is 14.4. The summed E-state index contributed by atoms with van der Waals surface area (Å²) >= 11 is 0. The predicted octanol–water partition coefficient (Wildman–Crippen LogP) is 3.10. The molecule has 0 atom stereocenters. The van der Waals surface area contributed by atoms with E-state index in [-0.39, 0.29) is 0 Å². The molecule has 0 aliphatic heterocycles. The summed E-state index contributed by atoms with van der Waals surface area (Å²) in [5.74, 6) is 8.84. The van der Waals surface area contributed by atoms with Crippen molar-refractivity contribution in [3.63, 3.8) is 0 Å². The highest BCUT2D eigenvalue weighted by Gasteiger charge is 2.20. The lowest BCUT2D eigenvalue weighted by molar-refractivity contribution is 0.330. The van der Waals surface area contributed by atoms with Gasteiger partial charge >= 0.3 is 0 Å². The maximum atomic E-state index is 5.49. The summed E-state index contributed by atoms with van der Waals surface area (Å²) in [6.45, 7) is 4.42. The van der Waals surface area contributed by atoms with Crippen LogP contribution in [0.4, 0.5) is 11.6 Å². The van der Waals surface area contributed by atoms with Gasteiger partial charge in [0.25, 0.3) is 0 Å². The summed E-state index contributed by atoms with van der Waals surface area (Å²) in [5, 5.41) is 3.55. The van der Waals surface area contributed by atoms with Gasteiger partial charge in [0, 0.05) is 18.5 Å². The van der Waals surface area contributed by atoms with E-state index < -0.39 is 0 Å². The Balaban J connectivity index is 1.99. The zero-order valence-electron chi connectivity index (χ0n) is 12.7. The van der Waals surface area contributed by atoms with Crippen molar-refractivity contribution in [2.75, 3.05) is 10.7 Å². The van der Waals surface area contributed by atoms with E-state index in [1.807, 2.05) is 6.07 Å². The smallest absolute Gasteiger partial charge is 0.145 e. The molecule has 1 heterocycles. The number of rotatable bonds is 6. The van der Waals surface area contributed by atoms with E-state index in [2.05, 4.69) is 34.6 Å². The number of aryl methyl sites for hydroxylation is 1. The third kappa shape index (κ3) is 4.07. The lowest BCUT2D eigenvalue weighted by atomic mass is 9.84. The molecule has 1 aliphatic rings. The molecular weight excluding hydrogens is 250 g/mol. The highest BCUT2D eigenvalue weighted by Crippen LogP contribution is 2.28. The molecule has 112 valence electrons. The monoisotopic (exact) mass is 277 g/mol. The third-order valence-electron chi connectivity index (χ3n) is 4.17. The van der Waals surface area contributed by atoms with Crippen molar-refractivity contribution in [2.24, 2.45) is 11.8 Å². The Kier molecular flexibility index (Phi) is 5.59. The second-order valence-corrected chi connectivity index (χ2v) is 5.72. The molecule has 1 aromatic rings. The summed E-state index contributed by atoms with van der Waals surface area (Å²) < 4.78 is 0. The van der Waals surface area contributed by atoms with E-state index in [1.165, 1.54) is 32.1 Å². The van der Waals surface area contributed by atoms with E-state index in [0.717, 1.165) is 30.4 Å². The number of nitrogen functional groups attached to an aromatic ring is 1. The van der Waals surface area contributed by atoms with Crippen LogP contribution < -0.4 is 16.6 Å². The van der Waals surface area contributed by atoms with Gasteiger partial charge in [-0.1, -0.05) is 20.3 Å². The van der Waals surface area contributed by atoms with Crippen molar-refractivity contribution in [3.8, 4) is 0 Å². The molecule has 1 aromatic heterocycles. The number of aromatic nitrogens is 2. The van der Waals surface area contributed by atoms with Crippen LogP contribution in [0.5, 0.6) is 0 Å². The molecule has 0 unspecified atom stereocenters. The predicted molar refractivity (Wildman–Crippen MR) is 83.5 cm³/mol. The standard InChI is InChI=1S/C15H27N5/c1-3-5-13-18-14(10-15(19-13)20-16)17-12-8-6-11(4-2)7-9-12/h10-12H,3-9,16H2,1-2H3,(H2,17,18,19,20). The molecule has 1 fully saturated rings. The molecule has 0 spiro atoms. The molecule has 0 amide bonds. The highest BCUT2D eigenvalue weighted by molar-refractivity contribution is 5.47. The van der Waals surface area contributed by atoms with Crippen molar-refractivity contribution in [2.45, 2.75) is 64.8 Å². The first kappa shape index (κ1) is 15.0. The van der Waals surface area contributed by atoms with Crippen LogP contribution in [-0.2, 0) is 6.42 Å². The van der Waals surface area contributed by atoms with Gasteiger partial charge < -0.3 is 10.7 Å². The van der Waals surface area contributed by atoms with Crippen molar-refractivity contribution in [1.82, 2.24) is 9.97 Å². The topological polar surface area (TPSA) is 75.9 Å². The second-order valence-electron chi connectivity index (χ2n) is 5.72. The lowest BCUT2D eigenvalue weighted by Crippen LogP contribution is -2.26. The number of nitrogens with one attached hydrogen (secondary N) is 2. The van der Waals surface area contributed by atoms with Crippen LogP contribution in [-0.4, -0.2) is 16.0 Å². The van der Waals surface area contributed by atoms with E-state index in [0.29, 0.717) is 11.9 Å².